The second-order valence-corrected chi connectivity index (χ2v) is 20.5. The largest absolute Gasteiger partial charge is 0.460 e. The molecule has 3 aliphatic heterocycles. The zero-order chi connectivity index (χ0) is 51.2. The number of hydrogen-bond acceptors (Lipinski definition) is 14. The predicted molar refractivity (Wildman–Crippen MR) is 260 cm³/mol. The number of nitrogens with zero attached hydrogens (tertiary/aromatic N) is 1. The van der Waals surface area contributed by atoms with Crippen LogP contribution in [0.5, 0.6) is 0 Å². The van der Waals surface area contributed by atoms with Crippen molar-refractivity contribution in [2.75, 3.05) is 33.8 Å². The summed E-state index contributed by atoms with van der Waals surface area (Å²) in [5.41, 5.74) is 1.24. The van der Waals surface area contributed by atoms with Gasteiger partial charge >= 0.3 is 11.9 Å². The van der Waals surface area contributed by atoms with Gasteiger partial charge in [0.05, 0.1) is 18.3 Å². The number of cyclic esters (lactones) is 1. The number of Topliss-reactive ketones (excluding diaryl/α,β-unsaturated/α-hetero) is 3. The van der Waals surface area contributed by atoms with Crippen LogP contribution >= 0.6 is 11.6 Å². The number of halogens is 1. The molecule has 0 aromatic heterocycles. The van der Waals surface area contributed by atoms with E-state index in [0.29, 0.717) is 69.8 Å². The Labute approximate surface area is 414 Å². The number of methoxy groups -OCH3 is 3. The van der Waals surface area contributed by atoms with Crippen LogP contribution in [0.1, 0.15) is 126 Å². The molecule has 15 atom stereocenters. The normalized spacial score (nSPS) is 37.4. The van der Waals surface area contributed by atoms with E-state index in [4.69, 9.17) is 40.0 Å². The maximum absolute atomic E-state index is 14.5. The van der Waals surface area contributed by atoms with Crippen molar-refractivity contribution >= 4 is 46.8 Å². The Hall–Kier alpha value is -3.57. The summed E-state index contributed by atoms with van der Waals surface area (Å²) < 4.78 is 35.1. The molecule has 2 bridgehead atoms. The Morgan fingerprint density at radius 1 is 0.884 bits per heavy atom. The summed E-state index contributed by atoms with van der Waals surface area (Å²) in [5, 5.41) is 23.4. The van der Waals surface area contributed by atoms with Gasteiger partial charge in [-0.1, -0.05) is 71.1 Å². The molecular formula is C53H80ClNO14. The van der Waals surface area contributed by atoms with E-state index in [9.17, 15) is 39.0 Å². The average molecular weight is 991 g/mol. The second kappa shape index (κ2) is 27.3. The number of hydrogen-bond donors (Lipinski definition) is 2. The number of amides is 1. The Morgan fingerprint density at radius 3 is 2.28 bits per heavy atom. The van der Waals surface area contributed by atoms with Gasteiger partial charge in [-0.3, -0.25) is 24.0 Å². The van der Waals surface area contributed by atoms with Crippen LogP contribution in [-0.4, -0.2) is 139 Å². The molecule has 3 heterocycles. The van der Waals surface area contributed by atoms with Crippen molar-refractivity contribution in [3.05, 3.63) is 47.6 Å². The van der Waals surface area contributed by atoms with E-state index in [1.54, 1.807) is 48.0 Å². The van der Waals surface area contributed by atoms with E-state index in [-0.39, 0.29) is 48.7 Å². The van der Waals surface area contributed by atoms with Crippen LogP contribution in [0.3, 0.4) is 0 Å². The number of piperidine rings is 1. The van der Waals surface area contributed by atoms with Crippen molar-refractivity contribution in [1.82, 2.24) is 4.90 Å². The van der Waals surface area contributed by atoms with E-state index in [1.807, 2.05) is 51.2 Å². The molecule has 388 valence electrons. The highest BCUT2D eigenvalue weighted by atomic mass is 35.5. The number of aliphatic hydroxyl groups is 2. The molecule has 4 aliphatic rings. The highest BCUT2D eigenvalue weighted by Crippen LogP contribution is 2.38. The van der Waals surface area contributed by atoms with Crippen molar-refractivity contribution in [2.45, 2.75) is 180 Å². The van der Waals surface area contributed by atoms with Crippen LogP contribution in [0.15, 0.2) is 47.6 Å². The molecule has 69 heavy (non-hydrogen) atoms. The zero-order valence-electron chi connectivity index (χ0n) is 42.6. The quantitative estimate of drug-likeness (QED) is 0.109. The van der Waals surface area contributed by atoms with E-state index < -0.39 is 102 Å². The Balaban J connectivity index is 1.70. The summed E-state index contributed by atoms with van der Waals surface area (Å²) in [5.74, 6) is -9.09. The van der Waals surface area contributed by atoms with Gasteiger partial charge in [-0.05, 0) is 107 Å². The smallest absolute Gasteiger partial charge is 0.329 e. The van der Waals surface area contributed by atoms with Crippen molar-refractivity contribution in [1.29, 1.82) is 0 Å². The molecule has 1 unspecified atom stereocenters. The number of alkyl halides is 1. The van der Waals surface area contributed by atoms with Crippen LogP contribution in [0.25, 0.3) is 0 Å². The van der Waals surface area contributed by atoms with Gasteiger partial charge in [0.1, 0.15) is 42.1 Å². The number of fused-ring (bicyclic) bond motifs is 3. The van der Waals surface area contributed by atoms with Crippen molar-refractivity contribution < 1.29 is 67.4 Å². The van der Waals surface area contributed by atoms with Gasteiger partial charge in [0, 0.05) is 58.5 Å². The summed E-state index contributed by atoms with van der Waals surface area (Å²) in [4.78, 5) is 84.2. The van der Waals surface area contributed by atoms with Crippen molar-refractivity contribution in [3.63, 3.8) is 0 Å². The Bertz CT molecular complexity index is 1900. The van der Waals surface area contributed by atoms with Gasteiger partial charge in [-0.25, -0.2) is 4.79 Å². The predicted octanol–water partition coefficient (Wildman–Crippen LogP) is 6.97. The SMILES string of the molecule is CO[C@H]1C[C@@H]2CC[C@@H](C)[C@@](O)(O2)C(=O)C(=O)N2CCCC[C@H]2C(=O)O[C@H](C(C)C[C@@H]2CC[C@@H](OC(=O)CCl)[C@H](OC)C2)CC(=O)[C@H](C)/C=C(\C)[C@@H](O)[C@@H](OC)C(=O)[C@H](C)C[C@H](C)/C=C/C=CC=C1C. The first-order valence-electron chi connectivity index (χ1n) is 24.9. The number of aliphatic hydroxyl groups excluding tert-OH is 1. The average Bonchev–Trinajstić information content (AvgIpc) is 3.33. The molecule has 2 saturated heterocycles. The second-order valence-electron chi connectivity index (χ2n) is 20.2. The molecule has 1 aliphatic carbocycles. The zero-order valence-corrected chi connectivity index (χ0v) is 43.3. The molecular weight excluding hydrogens is 910 g/mol. The Kier molecular flexibility index (Phi) is 23.0. The van der Waals surface area contributed by atoms with E-state index in [0.717, 1.165) is 5.57 Å². The van der Waals surface area contributed by atoms with Crippen LogP contribution in [0.4, 0.5) is 0 Å². The first-order valence-corrected chi connectivity index (χ1v) is 25.5. The summed E-state index contributed by atoms with van der Waals surface area (Å²) in [6.45, 7) is 12.6. The van der Waals surface area contributed by atoms with Crippen LogP contribution in [0.2, 0.25) is 0 Å². The van der Waals surface area contributed by atoms with Gasteiger partial charge in [0.25, 0.3) is 11.7 Å². The van der Waals surface area contributed by atoms with E-state index in [1.165, 1.54) is 12.0 Å². The number of ketones is 3. The minimum absolute atomic E-state index is 0.00644. The molecule has 0 radical (unpaired) electrons. The third-order valence-corrected chi connectivity index (χ3v) is 15.1. The van der Waals surface area contributed by atoms with E-state index >= 15 is 0 Å². The van der Waals surface area contributed by atoms with Crippen LogP contribution in [0, 0.1) is 35.5 Å². The van der Waals surface area contributed by atoms with Gasteiger partial charge in [-0.2, -0.15) is 0 Å². The first kappa shape index (κ1) is 58.0. The lowest BCUT2D eigenvalue weighted by Gasteiger charge is -2.42. The van der Waals surface area contributed by atoms with Crippen molar-refractivity contribution in [3.8, 4) is 0 Å². The minimum Gasteiger partial charge on any atom is -0.460 e. The molecule has 0 aromatic carbocycles. The monoisotopic (exact) mass is 990 g/mol. The van der Waals surface area contributed by atoms with Gasteiger partial charge in [-0.15, -0.1) is 11.6 Å². The van der Waals surface area contributed by atoms with Gasteiger partial charge in [0.2, 0.25) is 5.79 Å². The molecule has 1 saturated carbocycles. The highest BCUT2D eigenvalue weighted by Gasteiger charge is 2.53. The summed E-state index contributed by atoms with van der Waals surface area (Å²) in [6.07, 6.45) is 10.7. The first-order chi connectivity index (χ1) is 32.7. The fourth-order valence-electron chi connectivity index (χ4n) is 10.4. The maximum atomic E-state index is 14.5. The number of carbonyl (C=O) groups excluding carboxylic acids is 6. The Morgan fingerprint density at radius 2 is 1.61 bits per heavy atom. The maximum Gasteiger partial charge on any atom is 0.329 e. The number of ether oxygens (including phenoxy) is 6. The molecule has 15 nitrogen and oxygen atoms in total. The molecule has 4 rings (SSSR count). The number of carbonyl (C=O) groups is 6. The summed E-state index contributed by atoms with van der Waals surface area (Å²) in [7, 11) is 4.49. The third-order valence-electron chi connectivity index (χ3n) is 14.8. The molecule has 16 heteroatoms. The number of allylic oxidation sites excluding steroid dienone is 6. The fraction of sp³-hybridized carbons (Fsp3) is 0.736. The highest BCUT2D eigenvalue weighted by molar-refractivity contribution is 6.39. The summed E-state index contributed by atoms with van der Waals surface area (Å²) >= 11 is 5.71. The topological polar surface area (TPSA) is 201 Å². The van der Waals surface area contributed by atoms with Crippen LogP contribution in [-0.2, 0) is 57.2 Å². The molecule has 3 fully saturated rings. The molecule has 0 spiro atoms. The fourth-order valence-corrected chi connectivity index (χ4v) is 10.5. The standard InChI is InChI=1S/C53H80ClNO14/c1-31-16-12-11-13-17-32(2)43(64-8)28-39-21-19-37(7)53(63,69-39)50(60)51(61)55-23-15-14-18-40(55)52(62)68-44(34(4)26-38-20-22-42(45(27-38)65-9)67-46(57)30-54)29-41(56)33(3)25-36(6)48(59)49(66-10)47(58)35(5)24-31/h11-13,16-17,25,31,33-35,37-40,42-45,48-49,59,63H,14-15,18-24,26-30H2,1-10H3/b13-11?,16-12+,32-17?,36-25+/t31-,33-,34?,35-,37-,38+,39+,40+,42-,43+,44+,45-,48-,49+,53-/m1/s1. The number of rotatable bonds is 8. The van der Waals surface area contributed by atoms with Gasteiger partial charge < -0.3 is 43.5 Å². The summed E-state index contributed by atoms with van der Waals surface area (Å²) in [6, 6.07) is -1.17. The third kappa shape index (κ3) is 15.7. The van der Waals surface area contributed by atoms with E-state index in [2.05, 4.69) is 0 Å². The lowest BCUT2D eigenvalue weighted by atomic mass is 9.78. The lowest BCUT2D eigenvalue weighted by Crippen LogP contribution is -2.61. The van der Waals surface area contributed by atoms with Gasteiger partial charge in [0.15, 0.2) is 5.78 Å². The molecule has 0 aromatic rings. The molecule has 1 amide bonds. The van der Waals surface area contributed by atoms with Crippen LogP contribution < -0.4 is 0 Å². The minimum atomic E-state index is -2.45. The van der Waals surface area contributed by atoms with Crippen molar-refractivity contribution in [2.24, 2.45) is 35.5 Å². The number of esters is 2. The lowest BCUT2D eigenvalue weighted by molar-refractivity contribution is -0.265. The molecule has 2 N–H and O–H groups in total.